The van der Waals surface area contributed by atoms with Gasteiger partial charge in [0.2, 0.25) is 41.4 Å². The van der Waals surface area contributed by atoms with E-state index in [2.05, 4.69) is 32.7 Å². The molecular formula is C80H98F2N10O13. The fraction of sp³-hybridized carbons (Fsp3) is 0.475. The first-order valence-electron chi connectivity index (χ1n) is 36.3. The molecule has 25 heteroatoms. The minimum absolute atomic E-state index is 0.0424. The van der Waals surface area contributed by atoms with Gasteiger partial charge in [-0.3, -0.25) is 33.6 Å². The van der Waals surface area contributed by atoms with Crippen molar-refractivity contribution in [3.05, 3.63) is 167 Å². The number of carbonyl (C=O) groups excluding carboxylic acids is 9. The van der Waals surface area contributed by atoms with E-state index in [1.165, 1.54) is 24.3 Å². The van der Waals surface area contributed by atoms with Gasteiger partial charge in [-0.05, 0) is 166 Å². The molecule has 0 bridgehead atoms. The zero-order valence-corrected chi connectivity index (χ0v) is 61.0. The third-order valence-electron chi connectivity index (χ3n) is 19.9. The molecule has 2 heterocycles. The number of carboxylic acids is 1. The topological polar surface area (TPSA) is 309 Å². The van der Waals surface area contributed by atoms with Crippen molar-refractivity contribution in [3.63, 3.8) is 0 Å². The highest BCUT2D eigenvalue weighted by molar-refractivity contribution is 5.99. The zero-order valence-electron chi connectivity index (χ0n) is 61.0. The molecule has 4 saturated carbocycles. The zero-order chi connectivity index (χ0) is 75.7. The number of benzene rings is 6. The molecule has 6 aliphatic rings. The molecule has 0 radical (unpaired) electrons. The number of piperazine rings is 2. The van der Waals surface area contributed by atoms with Gasteiger partial charge in [0.05, 0.1) is 6.04 Å². The van der Waals surface area contributed by atoms with Crippen LogP contribution in [0.2, 0.25) is 0 Å². The lowest BCUT2D eigenvalue weighted by molar-refractivity contribution is -0.157. The number of ether oxygens (including phenoxy) is 2. The van der Waals surface area contributed by atoms with Gasteiger partial charge in [-0.1, -0.05) is 135 Å². The van der Waals surface area contributed by atoms with Gasteiger partial charge in [0.1, 0.15) is 64.1 Å². The number of amides is 9. The number of halogens is 2. The maximum atomic E-state index is 14.6. The predicted molar refractivity (Wildman–Crippen MR) is 391 cm³/mol. The molecule has 560 valence electrons. The quantitative estimate of drug-likeness (QED) is 0.0317. The molecule has 9 amide bonds. The Morgan fingerprint density at radius 1 is 0.514 bits per heavy atom. The highest BCUT2D eigenvalue weighted by Gasteiger charge is 2.55. The van der Waals surface area contributed by atoms with Gasteiger partial charge in [-0.2, -0.15) is 0 Å². The third kappa shape index (κ3) is 20.7. The second-order valence-corrected chi connectivity index (χ2v) is 30.6. The average molecular weight is 1450 g/mol. The van der Waals surface area contributed by atoms with Crippen LogP contribution in [0.25, 0.3) is 21.5 Å². The first-order valence-corrected chi connectivity index (χ1v) is 36.3. The first kappa shape index (κ1) is 77.6. The molecule has 0 aromatic heterocycles. The summed E-state index contributed by atoms with van der Waals surface area (Å²) in [5.74, 6) is -3.42. The van der Waals surface area contributed by atoms with Crippen molar-refractivity contribution in [1.29, 1.82) is 0 Å². The molecule has 6 aromatic carbocycles. The van der Waals surface area contributed by atoms with Gasteiger partial charge in [0.15, 0.2) is 0 Å². The van der Waals surface area contributed by atoms with E-state index in [0.717, 1.165) is 63.9 Å². The lowest BCUT2D eigenvalue weighted by Gasteiger charge is -2.44. The summed E-state index contributed by atoms with van der Waals surface area (Å²) >= 11 is 0. The lowest BCUT2D eigenvalue weighted by Crippen LogP contribution is -2.66. The Bertz CT molecular complexity index is 4190. The lowest BCUT2D eigenvalue weighted by atomic mass is 9.96. The van der Waals surface area contributed by atoms with Crippen LogP contribution < -0.4 is 32.3 Å². The summed E-state index contributed by atoms with van der Waals surface area (Å²) in [7, 11) is 3.13. The molecule has 23 nitrogen and oxygen atoms in total. The Labute approximate surface area is 611 Å². The number of nitrogens with one attached hydrogen (secondary N) is 5. The number of hydrogen-bond acceptors (Lipinski definition) is 13. The van der Waals surface area contributed by atoms with Crippen LogP contribution in [0.5, 0.6) is 0 Å². The number of carbonyl (C=O) groups is 10. The van der Waals surface area contributed by atoms with Crippen LogP contribution in [0.3, 0.4) is 0 Å². The monoisotopic (exact) mass is 1440 g/mol. The van der Waals surface area contributed by atoms with Crippen molar-refractivity contribution in [2.45, 2.75) is 190 Å². The summed E-state index contributed by atoms with van der Waals surface area (Å²) in [5.41, 5.74) is 5.90. The van der Waals surface area contributed by atoms with Gasteiger partial charge >= 0.3 is 18.2 Å². The number of fused-ring (bicyclic) bond motifs is 2. The van der Waals surface area contributed by atoms with E-state index in [4.69, 9.17) is 20.3 Å². The number of likely N-dealkylation sites (N-methyl/N-ethyl adjacent to an activating group) is 2. The van der Waals surface area contributed by atoms with Crippen molar-refractivity contribution < 1.29 is 71.3 Å². The van der Waals surface area contributed by atoms with Crippen LogP contribution in [-0.4, -0.2) is 183 Å². The second-order valence-electron chi connectivity index (χ2n) is 30.6. The number of nitrogens with zero attached hydrogens (tertiary/aromatic N) is 4. The normalized spacial score (nSPS) is 19.2. The van der Waals surface area contributed by atoms with E-state index in [0.29, 0.717) is 69.4 Å². The molecule has 2 aliphatic heterocycles. The summed E-state index contributed by atoms with van der Waals surface area (Å²) in [6.07, 6.45) is 6.22. The van der Waals surface area contributed by atoms with Crippen LogP contribution >= 0.6 is 0 Å². The van der Waals surface area contributed by atoms with Gasteiger partial charge < -0.3 is 66.5 Å². The maximum absolute atomic E-state index is 14.6. The van der Waals surface area contributed by atoms with Crippen LogP contribution in [0.4, 0.5) is 18.4 Å². The molecule has 6 fully saturated rings. The van der Waals surface area contributed by atoms with E-state index in [-0.39, 0.29) is 73.7 Å². The van der Waals surface area contributed by atoms with E-state index in [1.54, 1.807) is 99.5 Å². The fourth-order valence-corrected chi connectivity index (χ4v) is 13.5. The Morgan fingerprint density at radius 2 is 0.895 bits per heavy atom. The van der Waals surface area contributed by atoms with Crippen molar-refractivity contribution in [2.24, 2.45) is 17.6 Å². The molecule has 6 atom stereocenters. The third-order valence-corrected chi connectivity index (χ3v) is 19.9. The molecule has 4 aliphatic carbocycles. The Kier molecular flexibility index (Phi) is 24.3. The smallest absolute Gasteiger partial charge is 0.408 e. The van der Waals surface area contributed by atoms with E-state index in [1.807, 2.05) is 78.9 Å². The molecule has 0 spiro atoms. The summed E-state index contributed by atoms with van der Waals surface area (Å²) in [6, 6.07) is 34.8. The highest BCUT2D eigenvalue weighted by atomic mass is 19.1. The standard InChI is InChI=1S/C40H48FN5O6.C31H35FN4O3.C9H15NO4/c1-39(2,3)52-38(51)44-40(17-18-40)37(50)43-31(22-25-12-15-30(41)16-13-25)35(48)46-20-19-45(36(49)33(46)23-26-9-10-26)32(34(47)42-4)24-27-11-14-28-7-5-6-8-29(28)21-27;1-34-29(37)27(19-22-8-11-23-4-2-3-5-24(23)16-22)35-14-15-36(28(31(35)39)18-21-6-7-21)30(38)26(33)17-20-9-12-25(32)13-10-20;1-8(2,3)14-7(13)10-9(4-5-9)6(11)12/h5-8,11-16,21,26,31-33H,9-10,17-20,22-24H2,1-4H3,(H,42,47)(H,43,50)(H,44,51);2-5,8-13,16,21,26-28H,6-7,14-15,17-19,33H2,1H3,(H,34,37);4-5H2,1-3H3,(H,10,13)(H,11,12)/t31-,32+,33+;26-,27+,28+;/m11./s1. The van der Waals surface area contributed by atoms with Crippen LogP contribution in [0.15, 0.2) is 133 Å². The number of hydrogen-bond donors (Lipinski definition) is 7. The van der Waals surface area contributed by atoms with Gasteiger partial charge in [0, 0.05) is 59.5 Å². The summed E-state index contributed by atoms with van der Waals surface area (Å²) in [4.78, 5) is 138. The van der Waals surface area contributed by atoms with E-state index >= 15 is 0 Å². The highest BCUT2D eigenvalue weighted by Crippen LogP contribution is 2.40. The predicted octanol–water partition coefficient (Wildman–Crippen LogP) is 8.43. The number of carboxylic acid groups (broad SMARTS) is 1. The molecule has 2 saturated heterocycles. The summed E-state index contributed by atoms with van der Waals surface area (Å²) in [5, 5.41) is 26.5. The molecular weight excluding hydrogens is 1350 g/mol. The number of aliphatic carboxylic acids is 1. The number of rotatable bonds is 23. The molecule has 6 aromatic rings. The maximum Gasteiger partial charge on any atom is 0.408 e. The van der Waals surface area contributed by atoms with Gasteiger partial charge in [-0.15, -0.1) is 0 Å². The molecule has 8 N–H and O–H groups in total. The first-order chi connectivity index (χ1) is 49.8. The van der Waals surface area contributed by atoms with Gasteiger partial charge in [-0.25, -0.2) is 23.2 Å². The van der Waals surface area contributed by atoms with Crippen molar-refractivity contribution >= 4 is 81.1 Å². The van der Waals surface area contributed by atoms with Crippen LogP contribution in [0.1, 0.15) is 128 Å². The fourth-order valence-electron chi connectivity index (χ4n) is 13.5. The molecule has 12 rings (SSSR count). The average Bonchev–Trinajstić information content (AvgIpc) is 1.61. The van der Waals surface area contributed by atoms with Crippen molar-refractivity contribution in [1.82, 2.24) is 46.2 Å². The minimum Gasteiger partial charge on any atom is -0.480 e. The van der Waals surface area contributed by atoms with Crippen molar-refractivity contribution in [2.75, 3.05) is 40.3 Å². The molecule has 105 heavy (non-hydrogen) atoms. The minimum atomic E-state index is -1.23. The summed E-state index contributed by atoms with van der Waals surface area (Å²) in [6.45, 7) is 11.2. The van der Waals surface area contributed by atoms with Crippen LogP contribution in [0, 0.1) is 23.5 Å². The van der Waals surface area contributed by atoms with E-state index in [9.17, 15) is 56.7 Å². The van der Waals surface area contributed by atoms with E-state index < -0.39 is 94.3 Å². The van der Waals surface area contributed by atoms with Crippen molar-refractivity contribution in [3.8, 4) is 0 Å². The SMILES string of the molecule is CC(C)(C)OC(=O)NC1(C(=O)O)CC1.CNC(=O)[C@H](Cc1ccc2ccccc2c1)N1CCN(C(=O)[C@@H](Cc2ccc(F)cc2)NC(=O)C2(NC(=O)OC(C)(C)C)CC2)[C@@H](CC2CC2)C1=O.CNC(=O)[C@H](Cc1ccc2ccccc2c1)N1CCN(C(=O)[C@H](N)Cc2ccc(F)cc2)[C@@H](CC2CC2)C1=O. The number of nitrogens with two attached hydrogens (primary N) is 1. The number of alkyl carbamates (subject to hydrolysis) is 2. The Balaban J connectivity index is 0.000000195. The second kappa shape index (κ2) is 33.0. The largest absolute Gasteiger partial charge is 0.480 e. The summed E-state index contributed by atoms with van der Waals surface area (Å²) < 4.78 is 37.5. The Morgan fingerprint density at radius 3 is 1.28 bits per heavy atom. The van der Waals surface area contributed by atoms with Crippen LogP contribution in [-0.2, 0) is 73.5 Å². The molecule has 0 unspecified atom stereocenters. The van der Waals surface area contributed by atoms with Gasteiger partial charge in [0.25, 0.3) is 0 Å². The Hall–Kier alpha value is -10.0.